The zero-order valence-electron chi connectivity index (χ0n) is 20.0. The number of hydrogen-bond acceptors (Lipinski definition) is 0. The van der Waals surface area contributed by atoms with Crippen LogP contribution >= 0.6 is 127 Å². The summed E-state index contributed by atoms with van der Waals surface area (Å²) < 4.78 is 0. The molecule has 0 nitrogen and oxygen atoms in total. The van der Waals surface area contributed by atoms with Crippen LogP contribution in [0.1, 0.15) is 44.5 Å². The Bertz CT molecular complexity index is 1780. The van der Waals surface area contributed by atoms with Crippen LogP contribution in [0.3, 0.4) is 0 Å². The molecule has 2 aliphatic carbocycles. The maximum absolute atomic E-state index is 3.96. The van der Waals surface area contributed by atoms with Gasteiger partial charge in [-0.25, -0.2) is 0 Å². The van der Waals surface area contributed by atoms with Gasteiger partial charge in [-0.2, -0.15) is 0 Å². The predicted molar refractivity (Wildman–Crippen MR) is 189 cm³/mol. The van der Waals surface area contributed by atoms with E-state index in [1.54, 1.807) is 0 Å². The lowest BCUT2D eigenvalue weighted by atomic mass is 9.92. The maximum atomic E-state index is 3.96. The molecule has 0 radical (unpaired) electrons. The van der Waals surface area contributed by atoms with Crippen LogP contribution in [0, 0.1) is 41.7 Å². The van der Waals surface area contributed by atoms with Gasteiger partial charge in [-0.1, -0.05) is 152 Å². The van der Waals surface area contributed by atoms with Gasteiger partial charge in [0, 0.05) is 42.6 Å². The van der Waals surface area contributed by atoms with Gasteiger partial charge in [0.2, 0.25) is 0 Å². The Labute approximate surface area is 287 Å². The number of hydrogen-bond donors (Lipinski definition) is 0. The van der Waals surface area contributed by atoms with Crippen molar-refractivity contribution in [3.05, 3.63) is 111 Å². The quantitative estimate of drug-likeness (QED) is 0.133. The van der Waals surface area contributed by atoms with Gasteiger partial charge in [-0.15, -0.1) is 0 Å². The van der Waals surface area contributed by atoms with Crippen LogP contribution in [-0.2, 0) is 42.6 Å². The van der Waals surface area contributed by atoms with E-state index in [9.17, 15) is 0 Å². The number of halogens is 8. The zero-order valence-corrected chi connectivity index (χ0v) is 32.7. The Morgan fingerprint density at radius 1 is 0.289 bits per heavy atom. The summed E-state index contributed by atoms with van der Waals surface area (Å²) in [5, 5.41) is 20.6. The molecule has 0 spiro atoms. The molecule has 4 aromatic rings. The van der Waals surface area contributed by atoms with E-state index in [1.165, 1.54) is 97.0 Å². The number of rotatable bonds is 8. The largest absolute Gasteiger partial charge is 0.0876 e. The number of fused-ring (bicyclic) bond motifs is 2. The summed E-state index contributed by atoms with van der Waals surface area (Å²) in [4.78, 5) is 0. The molecule has 4 aromatic carbocycles. The first-order chi connectivity index (χ1) is 18.6. The third kappa shape index (κ3) is 3.89. The van der Waals surface area contributed by atoms with Gasteiger partial charge in [0.15, 0.2) is 0 Å². The summed E-state index contributed by atoms with van der Waals surface area (Å²) in [5.74, 6) is 0. The van der Waals surface area contributed by atoms with E-state index >= 15 is 0 Å². The average molecular weight is 1020 g/mol. The van der Waals surface area contributed by atoms with E-state index in [0.29, 0.717) is 0 Å². The van der Waals surface area contributed by atoms with Crippen LogP contribution in [0.25, 0.3) is 10.8 Å². The molecular formula is C30H20Br8. The smallest absolute Gasteiger partial charge is 0.0292 e. The fourth-order valence-corrected chi connectivity index (χ4v) is 11.0. The van der Waals surface area contributed by atoms with Gasteiger partial charge in [0.1, 0.15) is 0 Å². The average Bonchev–Trinajstić information content (AvgIpc) is 3.49. The van der Waals surface area contributed by atoms with Crippen molar-refractivity contribution < 1.29 is 0 Å². The molecule has 0 saturated carbocycles. The molecule has 38 heavy (non-hydrogen) atoms. The van der Waals surface area contributed by atoms with Crippen LogP contribution in [0.15, 0.2) is 24.3 Å². The fourth-order valence-electron chi connectivity index (χ4n) is 6.62. The van der Waals surface area contributed by atoms with Crippen LogP contribution in [0.5, 0.6) is 0 Å². The molecule has 0 bridgehead atoms. The highest BCUT2D eigenvalue weighted by Gasteiger charge is 2.26. The zero-order chi connectivity index (χ0) is 26.9. The lowest BCUT2D eigenvalue weighted by molar-refractivity contribution is 1.20. The second-order valence-corrected chi connectivity index (χ2v) is 14.0. The molecule has 0 unspecified atom stereocenters. The predicted octanol–water partition coefficient (Wildman–Crippen LogP) is 11.8. The van der Waals surface area contributed by atoms with Crippen molar-refractivity contribution in [2.24, 2.45) is 0 Å². The Morgan fingerprint density at radius 2 is 0.500 bits per heavy atom. The molecule has 196 valence electrons. The van der Waals surface area contributed by atoms with E-state index in [2.05, 4.69) is 152 Å². The van der Waals surface area contributed by atoms with Crippen LogP contribution in [0.2, 0.25) is 0 Å². The lowest BCUT2D eigenvalue weighted by Gasteiger charge is -2.14. The molecule has 0 saturated heterocycles. The van der Waals surface area contributed by atoms with Crippen molar-refractivity contribution in [1.29, 1.82) is 0 Å². The molecule has 2 aliphatic rings. The minimum Gasteiger partial charge on any atom is -0.0876 e. The minimum absolute atomic E-state index is 0.807. The first-order valence-electron chi connectivity index (χ1n) is 12.0. The fraction of sp³-hybridized carbons (Fsp3) is 0.267. The third-order valence-electron chi connectivity index (χ3n) is 8.05. The highest BCUT2D eigenvalue weighted by Crippen LogP contribution is 2.42. The Balaban J connectivity index is 2.24. The molecule has 0 aromatic heterocycles. The minimum atomic E-state index is 0.807. The van der Waals surface area contributed by atoms with Gasteiger partial charge < -0.3 is 0 Å². The van der Waals surface area contributed by atoms with E-state index in [0.717, 1.165) is 42.6 Å². The van der Waals surface area contributed by atoms with Crippen molar-refractivity contribution in [1.82, 2.24) is 0 Å². The molecule has 8 heteroatoms. The second kappa shape index (κ2) is 11.6. The summed E-state index contributed by atoms with van der Waals surface area (Å²) in [6, 6.07) is 9.23. The monoisotopic (exact) mass is 1010 g/mol. The summed E-state index contributed by atoms with van der Waals surface area (Å²) >= 11 is 31.2. The normalized spacial score (nSPS) is 12.5. The Morgan fingerprint density at radius 3 is 0.658 bits per heavy atom. The van der Waals surface area contributed by atoms with E-state index in [4.69, 9.17) is 0 Å². The summed E-state index contributed by atoms with van der Waals surface area (Å²) in [5.41, 5.74) is 11.0. The number of benzene rings is 4. The van der Waals surface area contributed by atoms with Gasteiger partial charge in [-0.05, 0) is 97.0 Å². The number of alkyl halides is 8. The summed E-state index contributed by atoms with van der Waals surface area (Å²) in [7, 11) is 0. The molecule has 0 aliphatic heterocycles. The lowest BCUT2D eigenvalue weighted by Crippen LogP contribution is -2.00. The van der Waals surface area contributed by atoms with E-state index in [1.807, 2.05) is 0 Å². The van der Waals surface area contributed by atoms with E-state index in [-0.39, 0.29) is 0 Å². The van der Waals surface area contributed by atoms with Crippen molar-refractivity contribution in [3.8, 4) is 0 Å². The summed E-state index contributed by atoms with van der Waals surface area (Å²) in [6.45, 7) is 0. The molecule has 0 fully saturated rings. The van der Waals surface area contributed by atoms with Crippen LogP contribution < -0.4 is 0 Å². The van der Waals surface area contributed by atoms with Crippen molar-refractivity contribution in [2.45, 2.75) is 42.6 Å². The SMILES string of the molecule is BrCc1ccc(CBr)c2c1=c1c(CBr)c(CBr)c3c4c(c(CBr)c(CBr)c=2c14)=c1c(CBr)ccc(CBr)c1=3. The molecule has 0 heterocycles. The molecular weight excluding hydrogens is 1000 g/mol. The highest BCUT2D eigenvalue weighted by atomic mass is 79.9. The standard InChI is InChI=1S/C30H20Br8/c31-5-13-1-2-14(6-32)22-21(13)25-17(9-35)18(10-36)27-23-15(7-33)3-4-16(8-34)24(23)28-20(12-38)19(11-37)26(22)29(25)30(27)28/h1-4H,5-12H2. The van der Waals surface area contributed by atoms with Gasteiger partial charge >= 0.3 is 0 Å². The third-order valence-corrected chi connectivity index (χ3v) is 12.7. The summed E-state index contributed by atoms with van der Waals surface area (Å²) in [6.07, 6.45) is 0. The Kier molecular flexibility index (Phi) is 8.86. The van der Waals surface area contributed by atoms with Gasteiger partial charge in [0.05, 0.1) is 0 Å². The molecule has 0 atom stereocenters. The molecule has 0 N–H and O–H groups in total. The van der Waals surface area contributed by atoms with Crippen LogP contribution in [0.4, 0.5) is 0 Å². The Hall–Kier alpha value is 0.980. The van der Waals surface area contributed by atoms with Crippen molar-refractivity contribution >= 4 is 138 Å². The maximum Gasteiger partial charge on any atom is 0.0292 e. The first-order valence-corrected chi connectivity index (χ1v) is 21.0. The van der Waals surface area contributed by atoms with Crippen LogP contribution in [-0.4, -0.2) is 0 Å². The van der Waals surface area contributed by atoms with Gasteiger partial charge in [-0.3, -0.25) is 0 Å². The van der Waals surface area contributed by atoms with Crippen molar-refractivity contribution in [3.63, 3.8) is 0 Å². The van der Waals surface area contributed by atoms with Crippen molar-refractivity contribution in [2.75, 3.05) is 0 Å². The molecule has 0 amide bonds. The first kappa shape index (κ1) is 29.1. The van der Waals surface area contributed by atoms with Gasteiger partial charge in [0.25, 0.3) is 0 Å². The van der Waals surface area contributed by atoms with E-state index < -0.39 is 0 Å². The molecule has 6 rings (SSSR count). The topological polar surface area (TPSA) is 0 Å². The highest BCUT2D eigenvalue weighted by molar-refractivity contribution is 9.09. The second-order valence-electron chi connectivity index (χ2n) is 9.50.